The molecule has 0 saturated heterocycles. The van der Waals surface area contributed by atoms with Crippen LogP contribution < -0.4 is 5.32 Å². The maximum Gasteiger partial charge on any atom is 0.317 e. The van der Waals surface area contributed by atoms with Crippen molar-refractivity contribution in [2.75, 3.05) is 26.7 Å². The quantitative estimate of drug-likeness (QED) is 0.758. The van der Waals surface area contributed by atoms with Gasteiger partial charge in [-0.1, -0.05) is 43.2 Å². The maximum absolute atomic E-state index is 12.0. The van der Waals surface area contributed by atoms with E-state index in [2.05, 4.69) is 5.32 Å². The number of carbonyl (C=O) groups is 1. The largest absolute Gasteiger partial charge is 0.393 e. The van der Waals surface area contributed by atoms with Gasteiger partial charge in [-0.3, -0.25) is 0 Å². The molecule has 128 valence electrons. The topological polar surface area (TPSA) is 61.8 Å². The smallest absolute Gasteiger partial charge is 0.317 e. The fourth-order valence-electron chi connectivity index (χ4n) is 2.97. The van der Waals surface area contributed by atoms with E-state index in [1.165, 1.54) is 0 Å². The van der Waals surface area contributed by atoms with Gasteiger partial charge in [0.05, 0.1) is 19.3 Å². The van der Waals surface area contributed by atoms with Crippen LogP contribution in [0.3, 0.4) is 0 Å². The number of rotatable bonds is 7. The summed E-state index contributed by atoms with van der Waals surface area (Å²) in [5, 5.41) is 12.8. The lowest BCUT2D eigenvalue weighted by Gasteiger charge is -2.31. The average Bonchev–Trinajstić information content (AvgIpc) is 2.57. The number of ether oxygens (including phenoxy) is 1. The van der Waals surface area contributed by atoms with Crippen LogP contribution in [0.25, 0.3) is 0 Å². The number of nitrogens with zero attached hydrogens (tertiary/aromatic N) is 1. The molecule has 2 unspecified atom stereocenters. The molecule has 1 saturated carbocycles. The molecule has 1 aromatic carbocycles. The lowest BCUT2D eigenvalue weighted by molar-refractivity contribution is 0.0561. The summed E-state index contributed by atoms with van der Waals surface area (Å²) < 4.78 is 5.54. The third kappa shape index (κ3) is 6.20. The van der Waals surface area contributed by atoms with Crippen molar-refractivity contribution in [3.63, 3.8) is 0 Å². The molecule has 2 atom stereocenters. The first-order valence-corrected chi connectivity index (χ1v) is 8.45. The summed E-state index contributed by atoms with van der Waals surface area (Å²) in [7, 11) is 1.78. The van der Waals surface area contributed by atoms with Crippen LogP contribution >= 0.6 is 0 Å². The number of aliphatic hydroxyl groups excluding tert-OH is 1. The number of aliphatic hydroxyl groups is 1. The number of nitrogens with one attached hydrogen (secondary N) is 1. The zero-order valence-corrected chi connectivity index (χ0v) is 13.9. The van der Waals surface area contributed by atoms with Crippen LogP contribution in [0.4, 0.5) is 4.79 Å². The monoisotopic (exact) mass is 320 g/mol. The lowest BCUT2D eigenvalue weighted by atomic mass is 9.86. The number of hydrogen-bond acceptors (Lipinski definition) is 3. The van der Waals surface area contributed by atoms with Gasteiger partial charge < -0.3 is 20.1 Å². The highest BCUT2D eigenvalue weighted by Crippen LogP contribution is 2.24. The number of carbonyl (C=O) groups excluding carboxylic acids is 1. The Morgan fingerprint density at radius 3 is 2.78 bits per heavy atom. The number of amides is 2. The molecule has 2 rings (SSSR count). The summed E-state index contributed by atoms with van der Waals surface area (Å²) in [6, 6.07) is 9.86. The van der Waals surface area contributed by atoms with Gasteiger partial charge in [0.15, 0.2) is 0 Å². The molecule has 2 amide bonds. The SMILES string of the molecule is CN(CC1CCCCC1O)C(=O)NCCOCc1ccccc1. The summed E-state index contributed by atoms with van der Waals surface area (Å²) in [5.41, 5.74) is 1.13. The second-order valence-corrected chi connectivity index (χ2v) is 6.26. The Morgan fingerprint density at radius 2 is 2.04 bits per heavy atom. The van der Waals surface area contributed by atoms with E-state index in [-0.39, 0.29) is 18.1 Å². The standard InChI is InChI=1S/C18H28N2O3/c1-20(13-16-9-5-6-10-17(16)21)18(22)19-11-12-23-14-15-7-3-2-4-8-15/h2-4,7-8,16-17,21H,5-6,9-14H2,1H3,(H,19,22). The van der Waals surface area contributed by atoms with Gasteiger partial charge >= 0.3 is 6.03 Å². The Kier molecular flexibility index (Phi) is 7.36. The van der Waals surface area contributed by atoms with E-state index in [1.54, 1.807) is 11.9 Å². The van der Waals surface area contributed by atoms with Gasteiger partial charge in [-0.15, -0.1) is 0 Å². The minimum Gasteiger partial charge on any atom is -0.393 e. The van der Waals surface area contributed by atoms with Crippen molar-refractivity contribution in [2.24, 2.45) is 5.92 Å². The number of hydrogen-bond donors (Lipinski definition) is 2. The first-order chi connectivity index (χ1) is 11.2. The molecule has 1 aliphatic carbocycles. The van der Waals surface area contributed by atoms with Gasteiger partial charge in [0.1, 0.15) is 0 Å². The second kappa shape index (κ2) is 9.53. The second-order valence-electron chi connectivity index (χ2n) is 6.26. The Balaban J connectivity index is 1.58. The fraction of sp³-hybridized carbons (Fsp3) is 0.611. The Bertz CT molecular complexity index is 467. The summed E-state index contributed by atoms with van der Waals surface area (Å²) >= 11 is 0. The van der Waals surface area contributed by atoms with E-state index < -0.39 is 0 Å². The first kappa shape index (κ1) is 17.8. The predicted octanol–water partition coefficient (Wildman–Crippen LogP) is 2.40. The molecule has 23 heavy (non-hydrogen) atoms. The molecule has 1 aromatic rings. The van der Waals surface area contributed by atoms with Crippen molar-refractivity contribution in [2.45, 2.75) is 38.4 Å². The molecule has 1 aliphatic rings. The third-order valence-electron chi connectivity index (χ3n) is 4.36. The van der Waals surface area contributed by atoms with Crippen molar-refractivity contribution < 1.29 is 14.6 Å². The van der Waals surface area contributed by atoms with Crippen LogP contribution in [0.15, 0.2) is 30.3 Å². The predicted molar refractivity (Wildman–Crippen MR) is 90.1 cm³/mol. The highest BCUT2D eigenvalue weighted by Gasteiger charge is 2.25. The van der Waals surface area contributed by atoms with E-state index in [0.717, 1.165) is 31.2 Å². The van der Waals surface area contributed by atoms with Crippen molar-refractivity contribution in [3.8, 4) is 0 Å². The van der Waals surface area contributed by atoms with Crippen molar-refractivity contribution >= 4 is 6.03 Å². The molecule has 0 aromatic heterocycles. The van der Waals surface area contributed by atoms with Crippen LogP contribution in [0.2, 0.25) is 0 Å². The summed E-state index contributed by atoms with van der Waals surface area (Å²) in [4.78, 5) is 13.7. The first-order valence-electron chi connectivity index (χ1n) is 8.45. The van der Waals surface area contributed by atoms with Gasteiger partial charge in [-0.2, -0.15) is 0 Å². The van der Waals surface area contributed by atoms with E-state index in [4.69, 9.17) is 4.74 Å². The van der Waals surface area contributed by atoms with Crippen LogP contribution in [0, 0.1) is 5.92 Å². The van der Waals surface area contributed by atoms with Gasteiger partial charge in [0, 0.05) is 26.1 Å². The molecule has 2 N–H and O–H groups in total. The summed E-state index contributed by atoms with van der Waals surface area (Å²) in [6.07, 6.45) is 3.82. The highest BCUT2D eigenvalue weighted by molar-refractivity contribution is 5.73. The molecule has 0 aliphatic heterocycles. The Labute approximate surface area is 138 Å². The number of benzene rings is 1. The normalized spacial score (nSPS) is 21.0. The van der Waals surface area contributed by atoms with Crippen molar-refractivity contribution in [1.29, 1.82) is 0 Å². The van der Waals surface area contributed by atoms with Gasteiger partial charge in [0.25, 0.3) is 0 Å². The molecule has 1 fully saturated rings. The van der Waals surface area contributed by atoms with E-state index in [9.17, 15) is 9.90 Å². The van der Waals surface area contributed by atoms with Crippen LogP contribution in [0.5, 0.6) is 0 Å². The molecule has 5 nitrogen and oxygen atoms in total. The molecule has 0 bridgehead atoms. The molecular formula is C18H28N2O3. The average molecular weight is 320 g/mol. The van der Waals surface area contributed by atoms with Gasteiger partial charge in [-0.25, -0.2) is 4.79 Å². The molecule has 0 radical (unpaired) electrons. The van der Waals surface area contributed by atoms with Gasteiger partial charge in [0.2, 0.25) is 0 Å². The Morgan fingerprint density at radius 1 is 1.30 bits per heavy atom. The number of urea groups is 1. The molecule has 0 heterocycles. The molecule has 5 heteroatoms. The van der Waals surface area contributed by atoms with Crippen LogP contribution in [0.1, 0.15) is 31.2 Å². The minimum absolute atomic E-state index is 0.105. The zero-order chi connectivity index (χ0) is 16.5. The summed E-state index contributed by atoms with van der Waals surface area (Å²) in [5.74, 6) is 0.203. The maximum atomic E-state index is 12.0. The minimum atomic E-state index is -0.270. The zero-order valence-electron chi connectivity index (χ0n) is 13.9. The fourth-order valence-corrected chi connectivity index (χ4v) is 2.97. The highest BCUT2D eigenvalue weighted by atomic mass is 16.5. The lowest BCUT2D eigenvalue weighted by Crippen LogP contribution is -2.43. The van der Waals surface area contributed by atoms with E-state index >= 15 is 0 Å². The third-order valence-corrected chi connectivity index (χ3v) is 4.36. The summed E-state index contributed by atoms with van der Waals surface area (Å²) in [6.45, 7) is 2.14. The van der Waals surface area contributed by atoms with E-state index in [0.29, 0.717) is 26.3 Å². The van der Waals surface area contributed by atoms with Crippen LogP contribution in [-0.4, -0.2) is 48.9 Å². The van der Waals surface area contributed by atoms with Crippen molar-refractivity contribution in [1.82, 2.24) is 10.2 Å². The van der Waals surface area contributed by atoms with Crippen LogP contribution in [-0.2, 0) is 11.3 Å². The molecule has 0 spiro atoms. The van der Waals surface area contributed by atoms with E-state index in [1.807, 2.05) is 30.3 Å². The van der Waals surface area contributed by atoms with Gasteiger partial charge in [-0.05, 0) is 18.4 Å². The Hall–Kier alpha value is -1.59. The van der Waals surface area contributed by atoms with Crippen molar-refractivity contribution in [3.05, 3.63) is 35.9 Å². The molecular weight excluding hydrogens is 292 g/mol.